The second-order valence-corrected chi connectivity index (χ2v) is 38.9. The average Bonchev–Trinajstić information content (AvgIpc) is 0.760. The minimum absolute atomic E-state index is 0.411. The highest BCUT2D eigenvalue weighted by molar-refractivity contribution is 14.1. The fraction of sp³-hybridized carbons (Fsp3) is 0.337. The molecule has 0 amide bonds. The van der Waals surface area contributed by atoms with E-state index >= 15 is 0 Å². The zero-order valence-electron chi connectivity index (χ0n) is 73.9. The summed E-state index contributed by atoms with van der Waals surface area (Å²) in [5.41, 5.74) is 37.8. The third-order valence-corrected chi connectivity index (χ3v) is 29.4. The number of anilines is 3. The predicted octanol–water partition coefficient (Wildman–Crippen LogP) is 28.9. The van der Waals surface area contributed by atoms with Gasteiger partial charge >= 0.3 is 0 Å². The summed E-state index contributed by atoms with van der Waals surface area (Å²) >= 11 is 19.7. The first-order chi connectivity index (χ1) is 55.4. The second kappa shape index (κ2) is 51.4. The van der Waals surface area contributed by atoms with Gasteiger partial charge < -0.3 is 40.9 Å². The Balaban J connectivity index is 0.000000288. The number of hydrogen-bond acceptors (Lipinski definition) is 9. The molecule has 11 rings (SSSR count). The third-order valence-electron chi connectivity index (χ3n) is 19.5. The molecule has 6 N–H and O–H groups in total. The first-order valence-electron chi connectivity index (χ1n) is 39.9. The van der Waals surface area contributed by atoms with Crippen molar-refractivity contribution in [2.75, 3.05) is 52.7 Å². The highest BCUT2D eigenvalue weighted by atomic mass is 127. The van der Waals surface area contributed by atoms with Crippen molar-refractivity contribution in [1.29, 1.82) is 0 Å². The molecule has 0 aliphatic carbocycles. The Morgan fingerprint density at radius 3 is 0.855 bits per heavy atom. The number of para-hydroxylation sites is 3. The van der Waals surface area contributed by atoms with E-state index in [1.54, 1.807) is 35.5 Å². The van der Waals surface area contributed by atoms with Crippen LogP contribution in [0.4, 0.5) is 17.1 Å². The number of aryl methyl sites for hydroxylation is 5. The highest BCUT2D eigenvalue weighted by Crippen LogP contribution is 2.47. The lowest BCUT2D eigenvalue weighted by atomic mass is 9.89. The molecule has 0 aromatic heterocycles. The molecule has 0 bridgehead atoms. The molecule has 0 saturated carbocycles. The number of nitrogens with two attached hydrogens (primary N) is 3. The first-order valence-corrected chi connectivity index (χ1v) is 46.9. The van der Waals surface area contributed by atoms with Crippen molar-refractivity contribution in [2.24, 2.45) is 0 Å². The van der Waals surface area contributed by atoms with Crippen molar-refractivity contribution in [3.05, 3.63) is 307 Å². The van der Waals surface area contributed by atoms with Gasteiger partial charge in [0.1, 0.15) is 28.7 Å². The number of aldehydes is 1. The molecule has 0 heterocycles. The highest BCUT2D eigenvalue weighted by Gasteiger charge is 2.29. The molecule has 0 saturated heterocycles. The van der Waals surface area contributed by atoms with Gasteiger partial charge in [0.05, 0.1) is 46.4 Å². The number of nitrogen functional groups attached to an aromatic ring is 3. The Bertz CT molecular complexity index is 4530. The molecule has 0 fully saturated rings. The zero-order valence-corrected chi connectivity index (χ0v) is 83.3. The van der Waals surface area contributed by atoms with Crippen LogP contribution in [0.15, 0.2) is 226 Å². The average molecular weight is 1940 g/mol. The summed E-state index contributed by atoms with van der Waals surface area (Å²) in [6.45, 7) is 45.4. The van der Waals surface area contributed by atoms with Crippen LogP contribution in [0.3, 0.4) is 0 Å². The molecule has 0 radical (unpaired) electrons. The summed E-state index contributed by atoms with van der Waals surface area (Å²) in [5.74, 6) is 8.59. The van der Waals surface area contributed by atoms with E-state index in [9.17, 15) is 4.79 Å². The van der Waals surface area contributed by atoms with Crippen LogP contribution >= 0.6 is 96.8 Å². The zero-order chi connectivity index (χ0) is 87.7. The molecule has 117 heavy (non-hydrogen) atoms. The maximum Gasteiger partial charge on any atom is 0.150 e. The van der Waals surface area contributed by atoms with Crippen LogP contribution < -0.4 is 67.4 Å². The van der Waals surface area contributed by atoms with Crippen molar-refractivity contribution in [3.63, 3.8) is 0 Å². The van der Waals surface area contributed by atoms with Crippen LogP contribution in [-0.4, -0.2) is 41.8 Å². The van der Waals surface area contributed by atoms with Crippen LogP contribution in [0, 0.1) is 38.2 Å². The molecule has 11 aromatic rings. The van der Waals surface area contributed by atoms with Gasteiger partial charge in [0, 0.05) is 62.6 Å². The number of carbonyl (C=O) groups is 1. The standard InChI is InChI=1S/C22H24NO2P.C16H18ClO2P.C13H18O.2C12H17Br.C12H19N.C8H9IO.C6H6BrN/c1-15-9-7-12-18(24-3)21(15)26(20-14-6-5-11-17(20)23)22-16(2)10-8-13-19(22)25-4;1-11-7-5-9-13(18-3)15(11)20(17)16-12(2)8-6-10-14(16)19-4;1-9(2)11-6-5-7-12(10(3)4)13(11)8-14;3*1-8(2)10-6-5-7-11(9(3)4)12(10)13;1-6-4-3-5-7(10-2)8(6)9;7-5-3-1-2-4-6(5)8/h5-14H,23H2,1-4H3;5-10H,1-4H3;5-10H,1-4H3;2*5-9H,1-4H3;5-9H,13H2,1-4H3;3-5H,1-2H3;1-4H,8H2. The number of ether oxygens (including phenoxy) is 5. The van der Waals surface area contributed by atoms with Crippen molar-refractivity contribution in [1.82, 2.24) is 0 Å². The second-order valence-electron chi connectivity index (χ2n) is 30.8. The van der Waals surface area contributed by atoms with Gasteiger partial charge in [-0.3, -0.25) is 4.79 Å². The third kappa shape index (κ3) is 29.6. The molecular formula is C101H128Br3ClIN3O6P2. The van der Waals surface area contributed by atoms with Crippen LogP contribution in [0.25, 0.3) is 0 Å². The van der Waals surface area contributed by atoms with Gasteiger partial charge in [0.2, 0.25) is 0 Å². The van der Waals surface area contributed by atoms with Crippen LogP contribution in [0.2, 0.25) is 0 Å². The van der Waals surface area contributed by atoms with E-state index in [0.29, 0.717) is 47.3 Å². The van der Waals surface area contributed by atoms with E-state index in [4.69, 9.17) is 52.1 Å². The summed E-state index contributed by atoms with van der Waals surface area (Å²) in [5, 5.41) is 5.58. The van der Waals surface area contributed by atoms with Crippen molar-refractivity contribution < 1.29 is 28.5 Å². The van der Waals surface area contributed by atoms with E-state index in [-0.39, 0.29) is 0 Å². The Hall–Kier alpha value is -7.19. The summed E-state index contributed by atoms with van der Waals surface area (Å²) in [7, 11) is 6.49. The fourth-order valence-corrected chi connectivity index (χ4v) is 22.1. The minimum Gasteiger partial charge on any atom is -0.496 e. The Labute approximate surface area is 750 Å². The number of halogens is 5. The predicted molar refractivity (Wildman–Crippen MR) is 532 cm³/mol. The molecule has 0 spiro atoms. The summed E-state index contributed by atoms with van der Waals surface area (Å²) < 4.78 is 32.3. The van der Waals surface area contributed by atoms with Crippen LogP contribution in [-0.2, 0) is 0 Å². The van der Waals surface area contributed by atoms with Gasteiger partial charge in [0.15, 0.2) is 6.29 Å². The van der Waals surface area contributed by atoms with E-state index in [1.807, 2.05) is 121 Å². The molecule has 628 valence electrons. The van der Waals surface area contributed by atoms with Crippen molar-refractivity contribution in [2.45, 2.75) is 193 Å². The largest absolute Gasteiger partial charge is 0.496 e. The van der Waals surface area contributed by atoms with Crippen LogP contribution in [0.1, 0.15) is 241 Å². The quantitative estimate of drug-likeness (QED) is 0.0312. The summed E-state index contributed by atoms with van der Waals surface area (Å²) in [6, 6.07) is 71.5. The van der Waals surface area contributed by atoms with Crippen molar-refractivity contribution in [3.8, 4) is 28.7 Å². The normalized spacial score (nSPS) is 10.7. The molecule has 0 aliphatic rings. The van der Waals surface area contributed by atoms with E-state index in [1.165, 1.54) is 73.2 Å². The lowest BCUT2D eigenvalue weighted by molar-refractivity contribution is 0.112. The molecule has 0 aliphatic heterocycles. The number of carbonyl (C=O) groups excluding carboxylic acids is 1. The van der Waals surface area contributed by atoms with Gasteiger partial charge in [-0.25, -0.2) is 0 Å². The lowest BCUT2D eigenvalue weighted by Crippen LogP contribution is -2.27. The van der Waals surface area contributed by atoms with Crippen molar-refractivity contribution >= 4 is 147 Å². The Morgan fingerprint density at radius 2 is 0.581 bits per heavy atom. The molecule has 0 unspecified atom stereocenters. The monoisotopic (exact) mass is 1940 g/mol. The summed E-state index contributed by atoms with van der Waals surface area (Å²) in [6.07, 6.45) is 0.991. The fourth-order valence-electron chi connectivity index (χ4n) is 12.9. The lowest BCUT2D eigenvalue weighted by Gasteiger charge is -2.27. The molecule has 11 aromatic carbocycles. The topological polar surface area (TPSA) is 141 Å². The van der Waals surface area contributed by atoms with E-state index < -0.39 is 15.2 Å². The smallest absolute Gasteiger partial charge is 0.150 e. The van der Waals surface area contributed by atoms with Gasteiger partial charge in [-0.05, 0) is 249 Å². The number of methoxy groups -OCH3 is 5. The van der Waals surface area contributed by atoms with E-state index in [0.717, 1.165) is 100 Å². The Kier molecular flexibility index (Phi) is 44.9. The van der Waals surface area contributed by atoms with E-state index in [2.05, 4.69) is 307 Å². The molecule has 0 atom stereocenters. The molecule has 16 heteroatoms. The van der Waals surface area contributed by atoms with Gasteiger partial charge in [-0.2, -0.15) is 0 Å². The summed E-state index contributed by atoms with van der Waals surface area (Å²) in [4.78, 5) is 11.1. The maximum absolute atomic E-state index is 11.1. The Morgan fingerprint density at radius 1 is 0.325 bits per heavy atom. The molecule has 9 nitrogen and oxygen atoms in total. The first kappa shape index (κ1) is 102. The van der Waals surface area contributed by atoms with Gasteiger partial charge in [0.25, 0.3) is 0 Å². The van der Waals surface area contributed by atoms with Crippen LogP contribution in [0.5, 0.6) is 28.7 Å². The number of hydrogen-bond donors (Lipinski definition) is 3. The molecular weight excluding hydrogens is 1820 g/mol. The number of benzene rings is 11. The van der Waals surface area contributed by atoms with Gasteiger partial charge in [-0.15, -0.1) is 0 Å². The maximum atomic E-state index is 11.1. The van der Waals surface area contributed by atoms with Gasteiger partial charge in [-0.1, -0.05) is 318 Å². The SMILES string of the molecule is CC(C)c1cccc(C(C)C)c1Br.CC(C)c1cccc(C(C)C)c1Br.CC(C)c1cccc(C(C)C)c1C=O.CC(C)c1cccc(C(C)C)c1N.COc1cccc(C)c1I.COc1cccc(C)c1P(Cl)c1c(C)cccc1OC.COc1cccc(C)c1P(c1ccccc1N)c1c(C)cccc1OC.Nc1ccccc1Br. The number of rotatable bonds is 19. The minimum atomic E-state index is -1.04.